The minimum absolute atomic E-state index is 0.0261. The van der Waals surface area contributed by atoms with Crippen LogP contribution >= 0.6 is 15.9 Å². The van der Waals surface area contributed by atoms with Gasteiger partial charge >= 0.3 is 0 Å². The molecule has 0 spiro atoms. The van der Waals surface area contributed by atoms with E-state index in [1.807, 2.05) is 0 Å². The molecule has 0 aliphatic carbocycles. The molecule has 0 aliphatic rings. The molecule has 3 N–H and O–H groups in total. The molecule has 0 aliphatic heterocycles. The lowest BCUT2D eigenvalue weighted by molar-refractivity contribution is 0.582. The van der Waals surface area contributed by atoms with Gasteiger partial charge in [-0.2, -0.15) is 5.10 Å². The summed E-state index contributed by atoms with van der Waals surface area (Å²) in [6.07, 6.45) is 3.29. The van der Waals surface area contributed by atoms with E-state index in [0.717, 1.165) is 0 Å². The normalized spacial score (nSPS) is 11.6. The lowest BCUT2D eigenvalue weighted by Gasteiger charge is -2.07. The van der Waals surface area contributed by atoms with Gasteiger partial charge in [-0.05, 0) is 31.2 Å². The second-order valence-electron chi connectivity index (χ2n) is 4.31. The van der Waals surface area contributed by atoms with E-state index in [9.17, 15) is 12.8 Å². The molecule has 21 heavy (non-hydrogen) atoms. The van der Waals surface area contributed by atoms with Crippen molar-refractivity contribution in [3.63, 3.8) is 0 Å². The number of aryl methyl sites for hydroxylation is 1. The van der Waals surface area contributed by atoms with E-state index in [4.69, 9.17) is 5.73 Å². The van der Waals surface area contributed by atoms with Crippen LogP contribution in [0.4, 0.5) is 10.1 Å². The Hall–Kier alpha value is -1.45. The van der Waals surface area contributed by atoms with Crippen molar-refractivity contribution < 1.29 is 12.8 Å². The first-order chi connectivity index (χ1) is 9.92. The van der Waals surface area contributed by atoms with Crippen LogP contribution in [0.5, 0.6) is 0 Å². The molecule has 1 aromatic carbocycles. The molecule has 6 nitrogen and oxygen atoms in total. The van der Waals surface area contributed by atoms with Crippen LogP contribution < -0.4 is 10.5 Å². The van der Waals surface area contributed by atoms with Gasteiger partial charge in [0.1, 0.15) is 10.7 Å². The van der Waals surface area contributed by atoms with Crippen molar-refractivity contribution in [1.29, 1.82) is 0 Å². The summed E-state index contributed by atoms with van der Waals surface area (Å²) in [7, 11) is -3.87. The molecule has 0 saturated carbocycles. The van der Waals surface area contributed by atoms with Gasteiger partial charge in [0.15, 0.2) is 0 Å². The van der Waals surface area contributed by atoms with Gasteiger partial charge in [-0.15, -0.1) is 0 Å². The fraction of sp³-hybridized carbons (Fsp3) is 0.250. The van der Waals surface area contributed by atoms with Crippen molar-refractivity contribution in [3.05, 3.63) is 40.9 Å². The third-order valence-corrected chi connectivity index (χ3v) is 4.50. The molecule has 2 aromatic rings. The number of anilines is 1. The Morgan fingerprint density at radius 1 is 1.43 bits per heavy atom. The molecule has 1 aromatic heterocycles. The Bertz CT molecular complexity index is 733. The molecule has 1 heterocycles. The van der Waals surface area contributed by atoms with Crippen LogP contribution in [0.15, 0.2) is 40.0 Å². The summed E-state index contributed by atoms with van der Waals surface area (Å²) in [6, 6.07) is 4.07. The van der Waals surface area contributed by atoms with Crippen LogP contribution in [0.2, 0.25) is 0 Å². The van der Waals surface area contributed by atoms with E-state index in [1.54, 1.807) is 6.07 Å². The molecule has 0 bridgehead atoms. The lowest BCUT2D eigenvalue weighted by atomic mass is 10.3. The second kappa shape index (κ2) is 6.54. The van der Waals surface area contributed by atoms with Crippen molar-refractivity contribution in [2.24, 2.45) is 5.73 Å². The third kappa shape index (κ3) is 4.02. The molecule has 0 amide bonds. The van der Waals surface area contributed by atoms with Gasteiger partial charge in [-0.25, -0.2) is 12.8 Å². The number of nitrogens with one attached hydrogen (secondary N) is 1. The zero-order chi connectivity index (χ0) is 15.5. The van der Waals surface area contributed by atoms with E-state index >= 15 is 0 Å². The minimum Gasteiger partial charge on any atom is -0.330 e. The highest BCUT2D eigenvalue weighted by Gasteiger charge is 2.18. The molecule has 0 saturated heterocycles. The maximum absolute atomic E-state index is 13.7. The average Bonchev–Trinajstić information content (AvgIpc) is 2.89. The quantitative estimate of drug-likeness (QED) is 0.805. The van der Waals surface area contributed by atoms with E-state index < -0.39 is 15.8 Å². The zero-order valence-electron chi connectivity index (χ0n) is 11.0. The Balaban J connectivity index is 2.19. The molecule has 114 valence electrons. The second-order valence-corrected chi connectivity index (χ2v) is 6.91. The first-order valence-corrected chi connectivity index (χ1v) is 8.40. The fourth-order valence-corrected chi connectivity index (χ4v) is 2.99. The van der Waals surface area contributed by atoms with Gasteiger partial charge in [-0.3, -0.25) is 9.40 Å². The first-order valence-electron chi connectivity index (χ1n) is 6.13. The summed E-state index contributed by atoms with van der Waals surface area (Å²) in [5.41, 5.74) is 5.27. The van der Waals surface area contributed by atoms with Crippen molar-refractivity contribution in [2.75, 3.05) is 11.3 Å². The molecule has 2 rings (SSSR count). The summed E-state index contributed by atoms with van der Waals surface area (Å²) in [4.78, 5) is -0.0261. The van der Waals surface area contributed by atoms with Gasteiger partial charge in [-0.1, -0.05) is 15.9 Å². The largest absolute Gasteiger partial charge is 0.330 e. The van der Waals surface area contributed by atoms with E-state index in [2.05, 4.69) is 25.8 Å². The lowest BCUT2D eigenvalue weighted by Crippen LogP contribution is -2.13. The highest BCUT2D eigenvalue weighted by molar-refractivity contribution is 9.10. The molecule has 9 heteroatoms. The molecular formula is C12H14BrFN4O2S. The number of rotatable bonds is 6. The van der Waals surface area contributed by atoms with Gasteiger partial charge in [0.2, 0.25) is 0 Å². The molecule has 0 radical (unpaired) electrons. The fourth-order valence-electron chi connectivity index (χ4n) is 1.63. The predicted molar refractivity (Wildman–Crippen MR) is 80.8 cm³/mol. The van der Waals surface area contributed by atoms with Crippen molar-refractivity contribution in [2.45, 2.75) is 17.9 Å². The van der Waals surface area contributed by atoms with Crippen LogP contribution in [-0.4, -0.2) is 24.7 Å². The molecule has 0 fully saturated rings. The summed E-state index contributed by atoms with van der Waals surface area (Å²) in [6.45, 7) is 1.02. The van der Waals surface area contributed by atoms with Crippen molar-refractivity contribution in [3.8, 4) is 0 Å². The minimum atomic E-state index is -3.87. The highest BCUT2D eigenvalue weighted by atomic mass is 79.9. The monoisotopic (exact) mass is 376 g/mol. The number of sulfonamides is 1. The zero-order valence-corrected chi connectivity index (χ0v) is 13.4. The number of aromatic nitrogens is 2. The van der Waals surface area contributed by atoms with Gasteiger partial charge < -0.3 is 5.73 Å². The standard InChI is InChI=1S/C12H14BrFN4O2S/c13-9-2-3-12(11(14)6-9)17-21(19,20)10-7-16-18(8-10)5-1-4-15/h2-3,6-8,17H,1,4-5,15H2. The predicted octanol–water partition coefficient (Wildman–Crippen LogP) is 1.93. The molecular weight excluding hydrogens is 363 g/mol. The number of benzene rings is 1. The van der Waals surface area contributed by atoms with Gasteiger partial charge in [0.05, 0.1) is 11.9 Å². The number of halogens is 2. The Kier molecular flexibility index (Phi) is 4.96. The number of hydrogen-bond donors (Lipinski definition) is 2. The van der Waals surface area contributed by atoms with Crippen LogP contribution in [0.1, 0.15) is 6.42 Å². The van der Waals surface area contributed by atoms with Gasteiger partial charge in [0, 0.05) is 17.2 Å². The summed E-state index contributed by atoms with van der Waals surface area (Å²) in [5, 5.41) is 3.94. The average molecular weight is 377 g/mol. The smallest absolute Gasteiger partial charge is 0.265 e. The van der Waals surface area contributed by atoms with E-state index in [1.165, 1.54) is 29.2 Å². The third-order valence-electron chi connectivity index (χ3n) is 2.69. The van der Waals surface area contributed by atoms with Crippen LogP contribution in [0, 0.1) is 5.82 Å². The molecule has 0 unspecified atom stereocenters. The van der Waals surface area contributed by atoms with Crippen LogP contribution in [0.3, 0.4) is 0 Å². The first kappa shape index (κ1) is 15.9. The van der Waals surface area contributed by atoms with E-state index in [0.29, 0.717) is 24.0 Å². The molecule has 0 atom stereocenters. The van der Waals surface area contributed by atoms with Crippen LogP contribution in [0.25, 0.3) is 0 Å². The Labute approximate surface area is 130 Å². The topological polar surface area (TPSA) is 90.0 Å². The number of nitrogens with zero attached hydrogens (tertiary/aromatic N) is 2. The summed E-state index contributed by atoms with van der Waals surface area (Å²) < 4.78 is 42.2. The van der Waals surface area contributed by atoms with Crippen LogP contribution in [-0.2, 0) is 16.6 Å². The van der Waals surface area contributed by atoms with Gasteiger partial charge in [0.25, 0.3) is 10.0 Å². The number of nitrogens with two attached hydrogens (primary N) is 1. The Morgan fingerprint density at radius 2 is 2.19 bits per heavy atom. The SMILES string of the molecule is NCCCn1cc(S(=O)(=O)Nc2ccc(Br)cc2F)cn1. The van der Waals surface area contributed by atoms with Crippen molar-refractivity contribution in [1.82, 2.24) is 9.78 Å². The Morgan fingerprint density at radius 3 is 2.86 bits per heavy atom. The summed E-state index contributed by atoms with van der Waals surface area (Å²) in [5.74, 6) is -0.663. The number of hydrogen-bond acceptors (Lipinski definition) is 4. The highest BCUT2D eigenvalue weighted by Crippen LogP contribution is 2.22. The van der Waals surface area contributed by atoms with Crippen molar-refractivity contribution >= 4 is 31.6 Å². The maximum Gasteiger partial charge on any atom is 0.265 e. The maximum atomic E-state index is 13.7. The summed E-state index contributed by atoms with van der Waals surface area (Å²) >= 11 is 3.11. The van der Waals surface area contributed by atoms with E-state index in [-0.39, 0.29) is 10.6 Å².